The van der Waals surface area contributed by atoms with Crippen molar-refractivity contribution in [2.24, 2.45) is 0 Å². The van der Waals surface area contributed by atoms with Crippen molar-refractivity contribution in [3.8, 4) is 77.9 Å². The summed E-state index contributed by atoms with van der Waals surface area (Å²) in [7, 11) is 0. The Kier molecular flexibility index (Phi) is 12.4. The molecule has 0 amide bonds. The summed E-state index contributed by atoms with van der Waals surface area (Å²) in [4.78, 5) is 2.61. The lowest BCUT2D eigenvalue weighted by Gasteiger charge is -2.35. The highest BCUT2D eigenvalue weighted by atomic mass is 15.2. The molecule has 1 heteroatoms. The zero-order valence-corrected chi connectivity index (χ0v) is 48.8. The molecule has 13 aromatic rings. The van der Waals surface area contributed by atoms with Crippen molar-refractivity contribution in [1.82, 2.24) is 0 Å². The van der Waals surface area contributed by atoms with E-state index in [0.29, 0.717) is 0 Å². The molecule has 2 aliphatic carbocycles. The number of benzene rings is 13. The molecule has 2 aliphatic rings. The SMILES string of the molecule is CC(C)(C)c1ccc(-c2cc(-c3ccccc3)c(N(c3ccc4c(c3)-c3ccccc3C4(c3ccccc3)c3ccccc3)c3ccc4ccccc4c3-c3ccc(-c4ccc5c(c4)C(C)(C)c4ccccc4-5)cc3)c(-c3ccccc3)c2)cc1. The van der Waals surface area contributed by atoms with Crippen LogP contribution in [0.3, 0.4) is 0 Å². The van der Waals surface area contributed by atoms with Crippen LogP contribution in [0.15, 0.2) is 303 Å². The van der Waals surface area contributed by atoms with Crippen molar-refractivity contribution in [2.45, 2.75) is 50.9 Å². The van der Waals surface area contributed by atoms with Crippen molar-refractivity contribution in [2.75, 3.05) is 4.90 Å². The third kappa shape index (κ3) is 8.51. The van der Waals surface area contributed by atoms with E-state index in [1.54, 1.807) is 0 Å². The highest BCUT2D eigenvalue weighted by Gasteiger charge is 2.46. The molecule has 0 N–H and O–H groups in total. The number of hydrogen-bond acceptors (Lipinski definition) is 1. The Morgan fingerprint density at radius 2 is 0.788 bits per heavy atom. The van der Waals surface area contributed by atoms with Crippen LogP contribution in [0.5, 0.6) is 0 Å². The monoisotopic (exact) mass is 1090 g/mol. The van der Waals surface area contributed by atoms with Crippen LogP contribution < -0.4 is 4.90 Å². The van der Waals surface area contributed by atoms with Crippen molar-refractivity contribution in [1.29, 1.82) is 0 Å². The molecule has 0 bridgehead atoms. The molecular weight excluding hydrogens is 1020 g/mol. The largest absolute Gasteiger partial charge is 0.309 e. The highest BCUT2D eigenvalue weighted by molar-refractivity contribution is 6.09. The van der Waals surface area contributed by atoms with Gasteiger partial charge in [0.15, 0.2) is 0 Å². The van der Waals surface area contributed by atoms with Crippen molar-refractivity contribution in [3.05, 3.63) is 342 Å². The van der Waals surface area contributed by atoms with Crippen LogP contribution in [0.1, 0.15) is 73.6 Å². The Labute approximate surface area is 500 Å². The van der Waals surface area contributed by atoms with Gasteiger partial charge in [-0.1, -0.05) is 302 Å². The fourth-order valence-electron chi connectivity index (χ4n) is 14.3. The number of fused-ring (bicyclic) bond motifs is 7. The minimum Gasteiger partial charge on any atom is -0.309 e. The molecule has 0 aromatic heterocycles. The van der Waals surface area contributed by atoms with Gasteiger partial charge in [-0.15, -0.1) is 0 Å². The summed E-state index contributed by atoms with van der Waals surface area (Å²) in [5.41, 5.74) is 28.5. The third-order valence-corrected chi connectivity index (χ3v) is 18.5. The van der Waals surface area contributed by atoms with Crippen LogP contribution in [-0.2, 0) is 16.2 Å². The van der Waals surface area contributed by atoms with Crippen molar-refractivity contribution < 1.29 is 0 Å². The minimum absolute atomic E-state index is 0.0232. The van der Waals surface area contributed by atoms with Gasteiger partial charge in [-0.25, -0.2) is 0 Å². The third-order valence-electron chi connectivity index (χ3n) is 18.5. The molecule has 0 fully saturated rings. The van der Waals surface area contributed by atoms with Gasteiger partial charge in [-0.3, -0.25) is 0 Å². The second kappa shape index (κ2) is 20.4. The number of nitrogens with zero attached hydrogens (tertiary/aromatic N) is 1. The van der Waals surface area contributed by atoms with Crippen LogP contribution in [0.4, 0.5) is 17.1 Å². The van der Waals surface area contributed by atoms with Gasteiger partial charge >= 0.3 is 0 Å². The van der Waals surface area contributed by atoms with E-state index in [1.807, 2.05) is 0 Å². The number of hydrogen-bond donors (Lipinski definition) is 0. The van der Waals surface area contributed by atoms with E-state index in [1.165, 1.54) is 94.2 Å². The normalized spacial score (nSPS) is 13.4. The molecule has 0 atom stereocenters. The average Bonchev–Trinajstić information content (AvgIpc) is 1.65. The molecule has 0 radical (unpaired) electrons. The van der Waals surface area contributed by atoms with E-state index in [0.717, 1.165) is 50.4 Å². The molecule has 0 spiro atoms. The van der Waals surface area contributed by atoms with Crippen LogP contribution in [0.25, 0.3) is 88.7 Å². The minimum atomic E-state index is -0.555. The van der Waals surface area contributed by atoms with Gasteiger partial charge in [0.1, 0.15) is 0 Å². The topological polar surface area (TPSA) is 3.24 Å². The van der Waals surface area contributed by atoms with Gasteiger partial charge in [-0.2, -0.15) is 0 Å². The molecular formula is C84H65N. The molecule has 0 heterocycles. The fourth-order valence-corrected chi connectivity index (χ4v) is 14.3. The van der Waals surface area contributed by atoms with Crippen molar-refractivity contribution >= 4 is 27.8 Å². The van der Waals surface area contributed by atoms with E-state index >= 15 is 0 Å². The average molecular weight is 1090 g/mol. The first-order chi connectivity index (χ1) is 41.6. The molecule has 0 saturated heterocycles. The molecule has 13 aromatic carbocycles. The van der Waals surface area contributed by atoms with Crippen LogP contribution in [0, 0.1) is 0 Å². The Morgan fingerprint density at radius 1 is 0.306 bits per heavy atom. The molecule has 0 aliphatic heterocycles. The van der Waals surface area contributed by atoms with Gasteiger partial charge in [0, 0.05) is 27.8 Å². The summed E-state index contributed by atoms with van der Waals surface area (Å²) in [6.45, 7) is 11.6. The van der Waals surface area contributed by atoms with Crippen molar-refractivity contribution in [3.63, 3.8) is 0 Å². The maximum absolute atomic E-state index is 2.61. The number of anilines is 3. The Hall–Kier alpha value is -10.1. The lowest BCUT2D eigenvalue weighted by atomic mass is 9.68. The lowest BCUT2D eigenvalue weighted by molar-refractivity contribution is 0.590. The maximum atomic E-state index is 2.61. The Balaban J connectivity index is 1.01. The maximum Gasteiger partial charge on any atom is 0.0713 e. The second-order valence-electron chi connectivity index (χ2n) is 24.8. The molecule has 0 unspecified atom stereocenters. The summed E-state index contributed by atoms with van der Waals surface area (Å²) in [5, 5.41) is 2.37. The molecule has 85 heavy (non-hydrogen) atoms. The highest BCUT2D eigenvalue weighted by Crippen LogP contribution is 2.59. The van der Waals surface area contributed by atoms with E-state index in [9.17, 15) is 0 Å². The van der Waals surface area contributed by atoms with Gasteiger partial charge in [0.05, 0.1) is 16.8 Å². The first-order valence-electron chi connectivity index (χ1n) is 30.0. The van der Waals surface area contributed by atoms with E-state index in [-0.39, 0.29) is 10.8 Å². The number of rotatable bonds is 10. The quantitative estimate of drug-likeness (QED) is 0.132. The predicted octanol–water partition coefficient (Wildman–Crippen LogP) is 22.6. The van der Waals surface area contributed by atoms with Crippen LogP contribution >= 0.6 is 0 Å². The van der Waals surface area contributed by atoms with E-state index in [2.05, 4.69) is 343 Å². The lowest BCUT2D eigenvalue weighted by Crippen LogP contribution is -2.28. The molecule has 15 rings (SSSR count). The smallest absolute Gasteiger partial charge is 0.0713 e. The molecule has 406 valence electrons. The van der Waals surface area contributed by atoms with Crippen LogP contribution in [0.2, 0.25) is 0 Å². The first kappa shape index (κ1) is 51.8. The molecule has 1 nitrogen and oxygen atoms in total. The summed E-state index contributed by atoms with van der Waals surface area (Å²) >= 11 is 0. The fraction of sp³-hybridized carbons (Fsp3) is 0.0952. The van der Waals surface area contributed by atoms with E-state index < -0.39 is 5.41 Å². The van der Waals surface area contributed by atoms with Gasteiger partial charge in [-0.05, 0) is 153 Å². The standard InChI is InChI=1S/C84H65N/c1-82(2,3)64-46-42-57(43-47-64)63-52-72(58-24-10-6-11-25-58)81(73(53-63)59-26-12-7-13-27-59)85(67-48-50-77-74(55-67)70-35-21-23-37-76(70)84(77,65-29-14-8-15-30-65)66-31-16-9-17-32-66)79-51-45-60-28-18-19-33-68(60)80(79)61-40-38-56(39-41-61)62-44-49-71-69-34-20-22-36-75(69)83(4,5)78(71)54-62/h6-55H,1-5H3. The zero-order chi connectivity index (χ0) is 57.4. The second-order valence-corrected chi connectivity index (χ2v) is 24.8. The summed E-state index contributed by atoms with van der Waals surface area (Å²) < 4.78 is 0. The summed E-state index contributed by atoms with van der Waals surface area (Å²) in [6.07, 6.45) is 0. The molecule has 0 saturated carbocycles. The van der Waals surface area contributed by atoms with Gasteiger partial charge in [0.2, 0.25) is 0 Å². The predicted molar refractivity (Wildman–Crippen MR) is 359 cm³/mol. The van der Waals surface area contributed by atoms with E-state index in [4.69, 9.17) is 0 Å². The van der Waals surface area contributed by atoms with Gasteiger partial charge < -0.3 is 4.90 Å². The summed E-state index contributed by atoms with van der Waals surface area (Å²) in [5.74, 6) is 0. The Bertz CT molecular complexity index is 4560. The van der Waals surface area contributed by atoms with Crippen LogP contribution in [-0.4, -0.2) is 0 Å². The Morgan fingerprint density at radius 3 is 1.41 bits per heavy atom. The zero-order valence-electron chi connectivity index (χ0n) is 48.8. The summed E-state index contributed by atoms with van der Waals surface area (Å²) in [6, 6.07) is 114. The van der Waals surface area contributed by atoms with Gasteiger partial charge in [0.25, 0.3) is 0 Å². The first-order valence-corrected chi connectivity index (χ1v) is 30.0.